The Bertz CT molecular complexity index is 1090. The van der Waals surface area contributed by atoms with E-state index in [0.29, 0.717) is 16.0 Å². The summed E-state index contributed by atoms with van der Waals surface area (Å²) in [5.74, 6) is -0.983. The van der Waals surface area contributed by atoms with Gasteiger partial charge in [-0.15, -0.1) is 11.3 Å². The lowest BCUT2D eigenvalue weighted by Crippen LogP contribution is -2.39. The molecule has 11 heteroatoms. The second kappa shape index (κ2) is 10.1. The molecule has 0 unspecified atom stereocenters. The number of thiazole rings is 1. The highest BCUT2D eigenvalue weighted by atomic mass is 35.5. The average molecular weight is 532 g/mol. The molecule has 7 nitrogen and oxygen atoms in total. The maximum Gasteiger partial charge on any atom is 0.280 e. The van der Waals surface area contributed by atoms with Crippen LogP contribution in [0.5, 0.6) is 0 Å². The van der Waals surface area contributed by atoms with Crippen LogP contribution in [0, 0.1) is 0 Å². The number of nitrogens with one attached hydrogen (secondary N) is 1. The monoisotopic (exact) mass is 531 g/mol. The summed E-state index contributed by atoms with van der Waals surface area (Å²) in [5, 5.41) is 23.2. The first-order valence-corrected chi connectivity index (χ1v) is 12.4. The van der Waals surface area contributed by atoms with Gasteiger partial charge in [0.15, 0.2) is 5.01 Å². The van der Waals surface area contributed by atoms with Gasteiger partial charge in [0.05, 0.1) is 26.1 Å². The standard InChI is InChI=1S/C23H28Cl2FN3O4S/c1-22(2,32)11-27-19(30)20-28-17(21(31)29-9-7-12(26)8-10-29)18(34-20)13-5-6-14(23(3,4)33)16(25)15(13)24/h5-6,12,32-33H,7-11H2,1-4H3,(H,27,30). The zero-order chi connectivity index (χ0) is 25.4. The number of carbonyl (C=O) groups is 2. The van der Waals surface area contributed by atoms with Crippen LogP contribution in [0.4, 0.5) is 4.39 Å². The number of benzene rings is 1. The van der Waals surface area contributed by atoms with Crippen molar-refractivity contribution in [2.45, 2.75) is 57.9 Å². The number of hydrogen-bond donors (Lipinski definition) is 3. The van der Waals surface area contributed by atoms with Crippen LogP contribution in [0.2, 0.25) is 10.0 Å². The van der Waals surface area contributed by atoms with Crippen molar-refractivity contribution < 1.29 is 24.2 Å². The molecule has 34 heavy (non-hydrogen) atoms. The number of halogens is 3. The van der Waals surface area contributed by atoms with Crippen molar-refractivity contribution in [2.75, 3.05) is 19.6 Å². The summed E-state index contributed by atoms with van der Waals surface area (Å²) < 4.78 is 13.6. The van der Waals surface area contributed by atoms with Crippen molar-refractivity contribution >= 4 is 46.4 Å². The van der Waals surface area contributed by atoms with E-state index < -0.39 is 29.2 Å². The summed E-state index contributed by atoms with van der Waals surface area (Å²) in [6, 6.07) is 3.23. The van der Waals surface area contributed by atoms with Crippen LogP contribution in [0.25, 0.3) is 10.4 Å². The molecule has 1 aromatic carbocycles. The lowest BCUT2D eigenvalue weighted by atomic mass is 9.96. The fourth-order valence-corrected chi connectivity index (χ4v) is 5.23. The first kappa shape index (κ1) is 26.8. The van der Waals surface area contributed by atoms with E-state index in [2.05, 4.69) is 10.3 Å². The predicted molar refractivity (Wildman–Crippen MR) is 131 cm³/mol. The SMILES string of the molecule is CC(C)(O)CNC(=O)c1nc(C(=O)N2CCC(F)CC2)c(-c2ccc(C(C)(C)O)c(Cl)c2Cl)s1. The van der Waals surface area contributed by atoms with E-state index in [4.69, 9.17) is 23.2 Å². The Hall–Kier alpha value is -1.78. The zero-order valence-corrected chi connectivity index (χ0v) is 21.7. The Balaban J connectivity index is 2.06. The van der Waals surface area contributed by atoms with Crippen LogP contribution in [0.1, 0.15) is 66.4 Å². The number of piperidine rings is 1. The highest BCUT2D eigenvalue weighted by molar-refractivity contribution is 7.17. The van der Waals surface area contributed by atoms with Crippen LogP contribution in [0.3, 0.4) is 0 Å². The molecule has 1 saturated heterocycles. The van der Waals surface area contributed by atoms with E-state index in [9.17, 15) is 24.2 Å². The number of amides is 2. The Morgan fingerprint density at radius 1 is 1.18 bits per heavy atom. The van der Waals surface area contributed by atoms with Gasteiger partial charge in [-0.2, -0.15) is 0 Å². The molecule has 2 amide bonds. The number of carbonyl (C=O) groups excluding carboxylic acids is 2. The van der Waals surface area contributed by atoms with Crippen molar-refractivity contribution in [1.82, 2.24) is 15.2 Å². The number of likely N-dealkylation sites (tertiary alicyclic amines) is 1. The van der Waals surface area contributed by atoms with Gasteiger partial charge in [0.1, 0.15) is 11.9 Å². The maximum absolute atomic E-state index is 13.6. The normalized spacial score (nSPS) is 15.5. The van der Waals surface area contributed by atoms with Gasteiger partial charge in [0.2, 0.25) is 0 Å². The first-order valence-electron chi connectivity index (χ1n) is 10.8. The summed E-state index contributed by atoms with van der Waals surface area (Å²) in [4.78, 5) is 32.2. The molecule has 1 aliphatic rings. The van der Waals surface area contributed by atoms with Crippen molar-refractivity contribution in [3.05, 3.63) is 38.4 Å². The van der Waals surface area contributed by atoms with Gasteiger partial charge >= 0.3 is 0 Å². The number of aromatic nitrogens is 1. The smallest absolute Gasteiger partial charge is 0.280 e. The largest absolute Gasteiger partial charge is 0.389 e. The highest BCUT2D eigenvalue weighted by Crippen LogP contribution is 2.43. The van der Waals surface area contributed by atoms with Crippen molar-refractivity contribution in [3.8, 4) is 10.4 Å². The second-order valence-electron chi connectivity index (χ2n) is 9.51. The number of aliphatic hydroxyl groups is 2. The third-order valence-electron chi connectivity index (χ3n) is 5.40. The summed E-state index contributed by atoms with van der Waals surface area (Å²) in [6.07, 6.45) is -0.488. The van der Waals surface area contributed by atoms with Gasteiger partial charge in [-0.25, -0.2) is 9.37 Å². The Morgan fingerprint density at radius 2 is 1.79 bits per heavy atom. The number of alkyl halides is 1. The van der Waals surface area contributed by atoms with Crippen LogP contribution in [-0.2, 0) is 5.60 Å². The molecule has 3 N–H and O–H groups in total. The van der Waals surface area contributed by atoms with Gasteiger partial charge in [-0.05, 0) is 40.5 Å². The predicted octanol–water partition coefficient (Wildman–Crippen LogP) is 4.42. The topological polar surface area (TPSA) is 103 Å². The maximum atomic E-state index is 13.6. The van der Waals surface area contributed by atoms with Gasteiger partial charge < -0.3 is 20.4 Å². The molecule has 0 bridgehead atoms. The van der Waals surface area contributed by atoms with Gasteiger partial charge in [-0.1, -0.05) is 35.3 Å². The quantitative estimate of drug-likeness (QED) is 0.511. The molecule has 0 saturated carbocycles. The fraction of sp³-hybridized carbons (Fsp3) is 0.522. The van der Waals surface area contributed by atoms with Crippen molar-refractivity contribution in [1.29, 1.82) is 0 Å². The molecule has 0 radical (unpaired) electrons. The Labute approximate surface area is 211 Å². The molecular formula is C23H28Cl2FN3O4S. The molecule has 1 aromatic heterocycles. The minimum atomic E-state index is -1.25. The van der Waals surface area contributed by atoms with Gasteiger partial charge in [0, 0.05) is 30.8 Å². The summed E-state index contributed by atoms with van der Waals surface area (Å²) in [6.45, 7) is 6.72. The second-order valence-corrected chi connectivity index (χ2v) is 11.3. The first-order chi connectivity index (χ1) is 15.7. The molecule has 1 aliphatic heterocycles. The molecule has 1 fully saturated rings. The molecule has 186 valence electrons. The van der Waals surface area contributed by atoms with Crippen LogP contribution < -0.4 is 5.32 Å². The van der Waals surface area contributed by atoms with E-state index in [0.717, 1.165) is 11.3 Å². The molecule has 2 aromatic rings. The van der Waals surface area contributed by atoms with Crippen LogP contribution >= 0.6 is 34.5 Å². The fourth-order valence-electron chi connectivity index (χ4n) is 3.52. The third-order valence-corrected chi connectivity index (χ3v) is 7.37. The summed E-state index contributed by atoms with van der Waals surface area (Å²) in [7, 11) is 0. The molecule has 0 atom stereocenters. The minimum Gasteiger partial charge on any atom is -0.389 e. The van der Waals surface area contributed by atoms with Crippen molar-refractivity contribution in [3.63, 3.8) is 0 Å². The third kappa shape index (κ3) is 6.07. The summed E-state index contributed by atoms with van der Waals surface area (Å²) >= 11 is 14.0. The Kier molecular flexibility index (Phi) is 7.94. The van der Waals surface area contributed by atoms with Gasteiger partial charge in [-0.3, -0.25) is 9.59 Å². The van der Waals surface area contributed by atoms with Gasteiger partial charge in [0.25, 0.3) is 11.8 Å². The summed E-state index contributed by atoms with van der Waals surface area (Å²) in [5.41, 5.74) is -1.56. The van der Waals surface area contributed by atoms with Crippen LogP contribution in [0.15, 0.2) is 12.1 Å². The minimum absolute atomic E-state index is 0.0130. The van der Waals surface area contributed by atoms with E-state index in [1.165, 1.54) is 4.90 Å². The van der Waals surface area contributed by atoms with E-state index in [1.807, 2.05) is 0 Å². The van der Waals surface area contributed by atoms with E-state index in [-0.39, 0.29) is 53.2 Å². The number of nitrogens with zero attached hydrogens (tertiary/aromatic N) is 2. The van der Waals surface area contributed by atoms with E-state index >= 15 is 0 Å². The lowest BCUT2D eigenvalue weighted by molar-refractivity contribution is 0.0660. The van der Waals surface area contributed by atoms with E-state index in [1.54, 1.807) is 39.8 Å². The van der Waals surface area contributed by atoms with Crippen LogP contribution in [-0.4, -0.2) is 63.3 Å². The van der Waals surface area contributed by atoms with Crippen molar-refractivity contribution in [2.24, 2.45) is 0 Å². The molecule has 3 rings (SSSR count). The lowest BCUT2D eigenvalue weighted by Gasteiger charge is -2.28. The molecule has 0 aliphatic carbocycles. The highest BCUT2D eigenvalue weighted by Gasteiger charge is 2.31. The Morgan fingerprint density at radius 3 is 2.35 bits per heavy atom. The number of hydrogen-bond acceptors (Lipinski definition) is 6. The molecule has 2 heterocycles. The molecular weight excluding hydrogens is 504 g/mol. The number of rotatable bonds is 6. The average Bonchev–Trinajstić information content (AvgIpc) is 3.17. The molecule has 0 spiro atoms. The zero-order valence-electron chi connectivity index (χ0n) is 19.4.